The van der Waals surface area contributed by atoms with E-state index in [0.717, 1.165) is 4.88 Å². The van der Waals surface area contributed by atoms with Gasteiger partial charge in [-0.05, 0) is 36.9 Å². The highest BCUT2D eigenvalue weighted by atomic mass is 32.2. The second kappa shape index (κ2) is 6.45. The fourth-order valence-electron chi connectivity index (χ4n) is 1.67. The molecule has 0 aliphatic heterocycles. The summed E-state index contributed by atoms with van der Waals surface area (Å²) in [7, 11) is -1.75. The van der Waals surface area contributed by atoms with Crippen molar-refractivity contribution in [3.8, 4) is 0 Å². The van der Waals surface area contributed by atoms with Crippen molar-refractivity contribution in [3.63, 3.8) is 0 Å². The number of hydrogen-bond acceptors (Lipinski definition) is 4. The van der Waals surface area contributed by atoms with E-state index in [1.807, 2.05) is 0 Å². The van der Waals surface area contributed by atoms with Crippen LogP contribution < -0.4 is 10.0 Å². The van der Waals surface area contributed by atoms with Crippen LogP contribution in [0.1, 0.15) is 10.4 Å². The number of sulfonamides is 1. The summed E-state index contributed by atoms with van der Waals surface area (Å²) in [6.45, 7) is 0.698. The molecule has 108 valence electrons. The lowest BCUT2D eigenvalue weighted by molar-refractivity contribution is 0.582. The van der Waals surface area contributed by atoms with E-state index in [1.165, 1.54) is 23.5 Å². The van der Waals surface area contributed by atoms with Crippen LogP contribution in [-0.4, -0.2) is 15.5 Å². The van der Waals surface area contributed by atoms with Crippen LogP contribution in [0.5, 0.6) is 0 Å². The Morgan fingerprint density at radius 1 is 1.20 bits per heavy atom. The number of nitrogens with one attached hydrogen (secondary N) is 2. The zero-order valence-corrected chi connectivity index (χ0v) is 12.5. The van der Waals surface area contributed by atoms with Gasteiger partial charge in [0.2, 0.25) is 10.0 Å². The van der Waals surface area contributed by atoms with Crippen LogP contribution >= 0.6 is 11.3 Å². The minimum atomic E-state index is -3.55. The topological polar surface area (TPSA) is 58.2 Å². The molecule has 0 bridgehead atoms. The Hall–Kier alpha value is -1.28. The van der Waals surface area contributed by atoms with Gasteiger partial charge in [0, 0.05) is 18.0 Å². The molecule has 4 nitrogen and oxygen atoms in total. The molecule has 0 aliphatic carbocycles. The van der Waals surface area contributed by atoms with Gasteiger partial charge in [-0.3, -0.25) is 0 Å². The lowest BCUT2D eigenvalue weighted by atomic mass is 10.2. The molecule has 2 aromatic rings. The van der Waals surface area contributed by atoms with Crippen LogP contribution in [0, 0.1) is 5.82 Å². The van der Waals surface area contributed by atoms with E-state index in [2.05, 4.69) is 10.0 Å². The molecule has 0 spiro atoms. The smallest absolute Gasteiger partial charge is 0.250 e. The van der Waals surface area contributed by atoms with E-state index >= 15 is 0 Å². The lowest BCUT2D eigenvalue weighted by Crippen LogP contribution is -2.22. The van der Waals surface area contributed by atoms with Crippen molar-refractivity contribution in [2.75, 3.05) is 7.05 Å². The molecule has 2 rings (SSSR count). The molecule has 0 atom stereocenters. The van der Waals surface area contributed by atoms with E-state index in [0.29, 0.717) is 12.1 Å². The highest BCUT2D eigenvalue weighted by Gasteiger charge is 2.16. The average Bonchev–Trinajstić information content (AvgIpc) is 2.87. The van der Waals surface area contributed by atoms with Crippen LogP contribution in [0.4, 0.5) is 4.39 Å². The lowest BCUT2D eigenvalue weighted by Gasteiger charge is -2.05. The largest absolute Gasteiger partial charge is 0.315 e. The van der Waals surface area contributed by atoms with Crippen LogP contribution in [0.15, 0.2) is 40.6 Å². The van der Waals surface area contributed by atoms with E-state index in [4.69, 9.17) is 0 Å². The Morgan fingerprint density at radius 2 is 2.00 bits per heavy atom. The van der Waals surface area contributed by atoms with Crippen LogP contribution in [-0.2, 0) is 23.1 Å². The molecule has 20 heavy (non-hydrogen) atoms. The van der Waals surface area contributed by atoms with Gasteiger partial charge in [0.25, 0.3) is 0 Å². The highest BCUT2D eigenvalue weighted by molar-refractivity contribution is 7.91. The molecule has 1 aromatic heterocycles. The fourth-order valence-corrected chi connectivity index (χ4v) is 4.10. The van der Waals surface area contributed by atoms with Gasteiger partial charge in [-0.15, -0.1) is 11.3 Å². The quantitative estimate of drug-likeness (QED) is 0.858. The normalized spacial score (nSPS) is 11.7. The molecule has 0 unspecified atom stereocenters. The Morgan fingerprint density at radius 3 is 2.70 bits per heavy atom. The zero-order chi connectivity index (χ0) is 14.6. The average molecular weight is 314 g/mol. The summed E-state index contributed by atoms with van der Waals surface area (Å²) in [6, 6.07) is 9.20. The first-order valence-corrected chi connectivity index (χ1v) is 8.28. The molecular formula is C13H15FN2O2S2. The third-order valence-electron chi connectivity index (χ3n) is 2.61. The summed E-state index contributed by atoms with van der Waals surface area (Å²) in [5.74, 6) is -0.380. The number of hydrogen-bond donors (Lipinski definition) is 2. The zero-order valence-electron chi connectivity index (χ0n) is 10.9. The monoisotopic (exact) mass is 314 g/mol. The van der Waals surface area contributed by atoms with Crippen molar-refractivity contribution in [3.05, 3.63) is 52.7 Å². The molecule has 0 saturated heterocycles. The number of rotatable bonds is 6. The fraction of sp³-hybridized carbons (Fsp3) is 0.231. The van der Waals surface area contributed by atoms with Crippen LogP contribution in [0.25, 0.3) is 0 Å². The Kier molecular flexibility index (Phi) is 4.87. The highest BCUT2D eigenvalue weighted by Crippen LogP contribution is 2.21. The van der Waals surface area contributed by atoms with Gasteiger partial charge in [0.1, 0.15) is 10.0 Å². The molecule has 0 saturated carbocycles. The van der Waals surface area contributed by atoms with Crippen molar-refractivity contribution in [1.82, 2.24) is 10.0 Å². The first kappa shape index (κ1) is 15.1. The number of thiophene rings is 1. The van der Waals surface area contributed by atoms with Gasteiger partial charge < -0.3 is 5.32 Å². The summed E-state index contributed by atoms with van der Waals surface area (Å²) >= 11 is 1.22. The molecule has 0 radical (unpaired) electrons. The minimum Gasteiger partial charge on any atom is -0.315 e. The maximum atomic E-state index is 13.0. The Labute approximate surface area is 121 Å². The maximum Gasteiger partial charge on any atom is 0.250 e. The van der Waals surface area contributed by atoms with Crippen molar-refractivity contribution < 1.29 is 12.8 Å². The molecular weight excluding hydrogens is 299 g/mol. The number of halogens is 1. The van der Waals surface area contributed by atoms with Gasteiger partial charge in [0.05, 0.1) is 0 Å². The second-order valence-corrected chi connectivity index (χ2v) is 7.37. The maximum absolute atomic E-state index is 13.0. The van der Waals surface area contributed by atoms with Crippen molar-refractivity contribution in [2.45, 2.75) is 17.3 Å². The summed E-state index contributed by atoms with van der Waals surface area (Å²) in [6.07, 6.45) is 0. The van der Waals surface area contributed by atoms with E-state index in [9.17, 15) is 12.8 Å². The summed E-state index contributed by atoms with van der Waals surface area (Å²) in [5, 5.41) is 2.97. The first-order chi connectivity index (χ1) is 9.51. The Bertz CT molecular complexity index is 683. The summed E-state index contributed by atoms with van der Waals surface area (Å²) in [5.41, 5.74) is 0.584. The number of benzene rings is 1. The summed E-state index contributed by atoms with van der Waals surface area (Å²) < 4.78 is 39.9. The molecule has 1 aromatic carbocycles. The molecule has 2 N–H and O–H groups in total. The van der Waals surface area contributed by atoms with Crippen molar-refractivity contribution in [1.29, 1.82) is 0 Å². The van der Waals surface area contributed by atoms with Gasteiger partial charge in [-0.25, -0.2) is 17.5 Å². The summed E-state index contributed by atoms with van der Waals surface area (Å²) in [4.78, 5) is 0.943. The first-order valence-electron chi connectivity index (χ1n) is 5.99. The van der Waals surface area contributed by atoms with E-state index < -0.39 is 10.0 Å². The molecule has 0 aliphatic rings. The predicted octanol–water partition coefficient (Wildman–Crippen LogP) is 2.09. The molecule has 7 heteroatoms. The van der Waals surface area contributed by atoms with E-state index in [1.54, 1.807) is 31.3 Å². The van der Waals surface area contributed by atoms with Gasteiger partial charge in [0.15, 0.2) is 0 Å². The second-order valence-electron chi connectivity index (χ2n) is 4.21. The molecule has 1 heterocycles. The van der Waals surface area contributed by atoms with Gasteiger partial charge in [-0.2, -0.15) is 0 Å². The van der Waals surface area contributed by atoms with Gasteiger partial charge >= 0.3 is 0 Å². The molecule has 0 fully saturated rings. The predicted molar refractivity (Wildman–Crippen MR) is 77.5 cm³/mol. The Balaban J connectivity index is 2.06. The van der Waals surface area contributed by atoms with Crippen molar-refractivity contribution in [2.24, 2.45) is 0 Å². The van der Waals surface area contributed by atoms with Crippen molar-refractivity contribution >= 4 is 21.4 Å². The third kappa shape index (κ3) is 3.86. The molecule has 0 amide bonds. The van der Waals surface area contributed by atoms with Crippen LogP contribution in [0.2, 0.25) is 0 Å². The SMILES string of the molecule is CNCc1ccc(S(=O)(=O)NCc2cccc(F)c2)s1. The van der Waals surface area contributed by atoms with Gasteiger partial charge in [-0.1, -0.05) is 12.1 Å². The van der Waals surface area contributed by atoms with Crippen LogP contribution in [0.3, 0.4) is 0 Å². The minimum absolute atomic E-state index is 0.0688. The standard InChI is InChI=1S/C13H15FN2O2S2/c1-15-9-12-5-6-13(19-12)20(17,18)16-8-10-3-2-4-11(14)7-10/h2-7,15-16H,8-9H2,1H3. The third-order valence-corrected chi connectivity index (χ3v) is 5.59. The van der Waals surface area contributed by atoms with E-state index in [-0.39, 0.29) is 16.6 Å².